The van der Waals surface area contributed by atoms with Crippen LogP contribution in [-0.4, -0.2) is 30.6 Å². The third-order valence-corrected chi connectivity index (χ3v) is 4.40. The average Bonchev–Trinajstić information content (AvgIpc) is 2.63. The van der Waals surface area contributed by atoms with E-state index in [-0.39, 0.29) is 30.4 Å². The fourth-order valence-corrected chi connectivity index (χ4v) is 3.05. The zero-order valence-corrected chi connectivity index (χ0v) is 16.0. The van der Waals surface area contributed by atoms with Gasteiger partial charge in [0.05, 0.1) is 0 Å². The molecular formula is C20H25ClN4O2. The maximum absolute atomic E-state index is 12.4. The van der Waals surface area contributed by atoms with Crippen LogP contribution in [-0.2, 0) is 0 Å². The molecule has 27 heavy (non-hydrogen) atoms. The zero-order valence-electron chi connectivity index (χ0n) is 15.2. The molecule has 0 radical (unpaired) electrons. The highest BCUT2D eigenvalue weighted by molar-refractivity contribution is 6.00. The van der Waals surface area contributed by atoms with Crippen LogP contribution in [0.2, 0.25) is 0 Å². The average molecular weight is 389 g/mol. The van der Waals surface area contributed by atoms with E-state index >= 15 is 0 Å². The van der Waals surface area contributed by atoms with E-state index < -0.39 is 0 Å². The molecule has 144 valence electrons. The van der Waals surface area contributed by atoms with Gasteiger partial charge in [-0.3, -0.25) is 4.79 Å². The molecule has 0 aliphatic carbocycles. The lowest BCUT2D eigenvalue weighted by atomic mass is 10.0. The number of nitrogens with one attached hydrogen (secondary N) is 4. The summed E-state index contributed by atoms with van der Waals surface area (Å²) in [5, 5.41) is 12.0. The standard InChI is InChI=1S/C20H24N4O2.ClH/c1-14-13-18(11-12-21-14)22-19(25)15-7-9-17(10-8-15)24-20(26)23-16-5-3-2-4-6-16;/h2-10,14,18,21H,11-13H2,1H3,(H,22,25)(H2,23,24,26);1H. The van der Waals surface area contributed by atoms with Crippen molar-refractivity contribution in [2.45, 2.75) is 31.8 Å². The predicted octanol–water partition coefficient (Wildman–Crippen LogP) is 3.62. The Morgan fingerprint density at radius 1 is 0.963 bits per heavy atom. The number of piperidine rings is 1. The van der Waals surface area contributed by atoms with Gasteiger partial charge >= 0.3 is 6.03 Å². The second-order valence-electron chi connectivity index (χ2n) is 6.57. The van der Waals surface area contributed by atoms with E-state index in [1.165, 1.54) is 0 Å². The lowest BCUT2D eigenvalue weighted by molar-refractivity contribution is 0.0925. The Hall–Kier alpha value is -2.57. The molecular weight excluding hydrogens is 364 g/mol. The summed E-state index contributed by atoms with van der Waals surface area (Å²) in [5.74, 6) is -0.0793. The van der Waals surface area contributed by atoms with Crippen LogP contribution in [0.25, 0.3) is 0 Å². The fraction of sp³-hybridized carbons (Fsp3) is 0.300. The summed E-state index contributed by atoms with van der Waals surface area (Å²) >= 11 is 0. The molecule has 2 aromatic rings. The largest absolute Gasteiger partial charge is 0.349 e. The van der Waals surface area contributed by atoms with Gasteiger partial charge in [0.25, 0.3) is 5.91 Å². The summed E-state index contributed by atoms with van der Waals surface area (Å²) < 4.78 is 0. The number of benzene rings is 2. The van der Waals surface area contributed by atoms with Crippen molar-refractivity contribution in [3.8, 4) is 0 Å². The van der Waals surface area contributed by atoms with E-state index in [1.54, 1.807) is 24.3 Å². The second-order valence-corrected chi connectivity index (χ2v) is 6.57. The minimum absolute atomic E-state index is 0. The van der Waals surface area contributed by atoms with Gasteiger partial charge in [-0.05, 0) is 62.7 Å². The summed E-state index contributed by atoms with van der Waals surface area (Å²) in [5.41, 5.74) is 1.94. The molecule has 7 heteroatoms. The number of rotatable bonds is 4. The number of anilines is 2. The van der Waals surface area contributed by atoms with E-state index in [4.69, 9.17) is 0 Å². The van der Waals surface area contributed by atoms with Crippen molar-refractivity contribution in [1.82, 2.24) is 10.6 Å². The molecule has 6 nitrogen and oxygen atoms in total. The maximum Gasteiger partial charge on any atom is 0.323 e. The zero-order chi connectivity index (χ0) is 18.4. The van der Waals surface area contributed by atoms with Gasteiger partial charge < -0.3 is 21.3 Å². The molecule has 2 atom stereocenters. The number of hydrogen-bond donors (Lipinski definition) is 4. The van der Waals surface area contributed by atoms with Crippen LogP contribution < -0.4 is 21.3 Å². The number of amides is 3. The molecule has 0 aromatic heterocycles. The monoisotopic (exact) mass is 388 g/mol. The molecule has 1 aliphatic heterocycles. The first kappa shape index (κ1) is 20.7. The quantitative estimate of drug-likeness (QED) is 0.645. The van der Waals surface area contributed by atoms with Crippen molar-refractivity contribution in [1.29, 1.82) is 0 Å². The molecule has 0 saturated carbocycles. The topological polar surface area (TPSA) is 82.3 Å². The van der Waals surface area contributed by atoms with Crippen molar-refractivity contribution in [2.75, 3.05) is 17.2 Å². The lowest BCUT2D eigenvalue weighted by Crippen LogP contribution is -2.46. The van der Waals surface area contributed by atoms with Crippen LogP contribution in [0, 0.1) is 0 Å². The van der Waals surface area contributed by atoms with Gasteiger partial charge in [-0.15, -0.1) is 12.4 Å². The molecule has 1 aliphatic rings. The summed E-state index contributed by atoms with van der Waals surface area (Å²) in [6.07, 6.45) is 1.88. The minimum Gasteiger partial charge on any atom is -0.349 e. The highest BCUT2D eigenvalue weighted by Crippen LogP contribution is 2.13. The molecule has 3 amide bonds. The van der Waals surface area contributed by atoms with Crippen molar-refractivity contribution < 1.29 is 9.59 Å². The van der Waals surface area contributed by atoms with Gasteiger partial charge in [0, 0.05) is 29.0 Å². The normalized spacial score (nSPS) is 18.7. The van der Waals surface area contributed by atoms with Crippen LogP contribution >= 0.6 is 12.4 Å². The SMILES string of the molecule is CC1CC(NC(=O)c2ccc(NC(=O)Nc3ccccc3)cc2)CCN1.Cl. The van der Waals surface area contributed by atoms with Crippen molar-refractivity contribution in [3.05, 3.63) is 60.2 Å². The van der Waals surface area contributed by atoms with E-state index in [0.29, 0.717) is 17.3 Å². The van der Waals surface area contributed by atoms with E-state index in [9.17, 15) is 9.59 Å². The Kier molecular flexibility index (Phi) is 7.64. The first-order valence-corrected chi connectivity index (χ1v) is 8.87. The number of carbonyl (C=O) groups is 2. The molecule has 2 aromatic carbocycles. The van der Waals surface area contributed by atoms with Gasteiger partial charge in [0.15, 0.2) is 0 Å². The van der Waals surface area contributed by atoms with Crippen molar-refractivity contribution >= 4 is 35.7 Å². The molecule has 1 saturated heterocycles. The lowest BCUT2D eigenvalue weighted by Gasteiger charge is -2.28. The first-order chi connectivity index (χ1) is 12.6. The minimum atomic E-state index is -0.322. The molecule has 3 rings (SSSR count). The Labute approximate surface area is 165 Å². The summed E-state index contributed by atoms with van der Waals surface area (Å²) in [6.45, 7) is 3.05. The highest BCUT2D eigenvalue weighted by Gasteiger charge is 2.20. The fourth-order valence-electron chi connectivity index (χ4n) is 3.05. The summed E-state index contributed by atoms with van der Waals surface area (Å²) in [4.78, 5) is 24.3. The Bertz CT molecular complexity index is 752. The Morgan fingerprint density at radius 3 is 2.22 bits per heavy atom. The third kappa shape index (κ3) is 6.27. The summed E-state index contributed by atoms with van der Waals surface area (Å²) in [6, 6.07) is 16.4. The molecule has 1 heterocycles. The smallest absolute Gasteiger partial charge is 0.323 e. The van der Waals surface area contributed by atoms with Gasteiger partial charge in [-0.25, -0.2) is 4.79 Å². The molecule has 2 unspecified atom stereocenters. The Morgan fingerprint density at radius 2 is 1.59 bits per heavy atom. The van der Waals surface area contributed by atoms with Gasteiger partial charge in [-0.2, -0.15) is 0 Å². The third-order valence-electron chi connectivity index (χ3n) is 4.40. The molecule has 1 fully saturated rings. The van der Waals surface area contributed by atoms with E-state index in [1.807, 2.05) is 30.3 Å². The molecule has 4 N–H and O–H groups in total. The van der Waals surface area contributed by atoms with Crippen LogP contribution in [0.4, 0.5) is 16.2 Å². The first-order valence-electron chi connectivity index (χ1n) is 8.87. The number of para-hydroxylation sites is 1. The highest BCUT2D eigenvalue weighted by atomic mass is 35.5. The number of halogens is 1. The van der Waals surface area contributed by atoms with Crippen molar-refractivity contribution in [2.24, 2.45) is 0 Å². The summed E-state index contributed by atoms with van der Waals surface area (Å²) in [7, 11) is 0. The van der Waals surface area contributed by atoms with Crippen LogP contribution in [0.15, 0.2) is 54.6 Å². The van der Waals surface area contributed by atoms with Crippen molar-refractivity contribution in [3.63, 3.8) is 0 Å². The van der Waals surface area contributed by atoms with Gasteiger partial charge in [-0.1, -0.05) is 18.2 Å². The van der Waals surface area contributed by atoms with Crippen LogP contribution in [0.1, 0.15) is 30.1 Å². The van der Waals surface area contributed by atoms with Crippen LogP contribution in [0.5, 0.6) is 0 Å². The number of carbonyl (C=O) groups excluding carboxylic acids is 2. The van der Waals surface area contributed by atoms with E-state index in [2.05, 4.69) is 28.2 Å². The van der Waals surface area contributed by atoms with Gasteiger partial charge in [0.1, 0.15) is 0 Å². The van der Waals surface area contributed by atoms with E-state index in [0.717, 1.165) is 25.1 Å². The molecule has 0 bridgehead atoms. The predicted molar refractivity (Wildman–Crippen MR) is 111 cm³/mol. The Balaban J connectivity index is 0.00000261. The molecule has 0 spiro atoms. The number of hydrogen-bond acceptors (Lipinski definition) is 3. The van der Waals surface area contributed by atoms with Gasteiger partial charge in [0.2, 0.25) is 0 Å². The number of urea groups is 1. The van der Waals surface area contributed by atoms with Crippen LogP contribution in [0.3, 0.4) is 0 Å². The maximum atomic E-state index is 12.4. The second kappa shape index (κ2) is 9.94.